The maximum Gasteiger partial charge on any atom is 0.160 e. The zero-order valence-corrected chi connectivity index (χ0v) is 15.0. The van der Waals surface area contributed by atoms with Gasteiger partial charge in [-0.25, -0.2) is 9.97 Å². The number of hydrogen-bond donors (Lipinski definition) is 1. The minimum Gasteiger partial charge on any atom is -0.372 e. The predicted molar refractivity (Wildman–Crippen MR) is 89.7 cm³/mol. The van der Waals surface area contributed by atoms with Crippen molar-refractivity contribution in [3.63, 3.8) is 0 Å². The lowest BCUT2D eigenvalue weighted by Crippen LogP contribution is -2.17. The minimum absolute atomic E-state index is 0.0460. The van der Waals surface area contributed by atoms with Crippen molar-refractivity contribution in [3.05, 3.63) is 16.0 Å². The first-order chi connectivity index (χ1) is 10.1. The highest BCUT2D eigenvalue weighted by molar-refractivity contribution is 9.10. The second kappa shape index (κ2) is 7.54. The van der Waals surface area contributed by atoms with Gasteiger partial charge in [-0.1, -0.05) is 26.7 Å². The zero-order chi connectivity index (χ0) is 15.4. The highest BCUT2D eigenvalue weighted by Crippen LogP contribution is 2.39. The van der Waals surface area contributed by atoms with Gasteiger partial charge in [0.1, 0.15) is 11.9 Å². The Morgan fingerprint density at radius 2 is 1.95 bits per heavy atom. The van der Waals surface area contributed by atoms with Crippen LogP contribution in [0.15, 0.2) is 4.47 Å². The normalized spacial score (nSPS) is 17.4. The van der Waals surface area contributed by atoms with Crippen LogP contribution in [-0.4, -0.2) is 23.6 Å². The van der Waals surface area contributed by atoms with Crippen LogP contribution in [0.2, 0.25) is 0 Å². The molecule has 0 amide bonds. The van der Waals surface area contributed by atoms with Crippen molar-refractivity contribution in [2.75, 3.05) is 19.0 Å². The smallest absolute Gasteiger partial charge is 0.160 e. The fourth-order valence-corrected chi connectivity index (χ4v) is 3.69. The van der Waals surface area contributed by atoms with Crippen LogP contribution in [0.1, 0.15) is 70.0 Å². The van der Waals surface area contributed by atoms with Crippen molar-refractivity contribution in [1.29, 1.82) is 0 Å². The van der Waals surface area contributed by atoms with E-state index in [1.54, 1.807) is 0 Å². The van der Waals surface area contributed by atoms with Gasteiger partial charge in [0.15, 0.2) is 5.82 Å². The molecule has 5 heteroatoms. The van der Waals surface area contributed by atoms with Gasteiger partial charge in [-0.05, 0) is 41.6 Å². The lowest BCUT2D eigenvalue weighted by Gasteiger charge is -2.22. The summed E-state index contributed by atoms with van der Waals surface area (Å²) in [5.41, 5.74) is 1.15. The molecule has 1 heterocycles. The van der Waals surface area contributed by atoms with Gasteiger partial charge in [-0.2, -0.15) is 0 Å². The van der Waals surface area contributed by atoms with Crippen LogP contribution in [0.4, 0.5) is 5.82 Å². The zero-order valence-electron chi connectivity index (χ0n) is 13.4. The van der Waals surface area contributed by atoms with E-state index < -0.39 is 0 Å². The van der Waals surface area contributed by atoms with Crippen LogP contribution < -0.4 is 5.32 Å². The molecule has 1 fully saturated rings. The largest absolute Gasteiger partial charge is 0.372 e. The third-order valence-electron chi connectivity index (χ3n) is 4.08. The summed E-state index contributed by atoms with van der Waals surface area (Å²) in [4.78, 5) is 9.55. The van der Waals surface area contributed by atoms with Crippen LogP contribution in [0.25, 0.3) is 0 Å². The third-order valence-corrected chi connectivity index (χ3v) is 4.86. The number of halogens is 1. The number of ether oxygens (including phenoxy) is 1. The van der Waals surface area contributed by atoms with E-state index in [1.807, 2.05) is 14.0 Å². The molecule has 1 aliphatic carbocycles. The number of nitrogens with zero attached hydrogens (tertiary/aromatic N) is 2. The standard InChI is InChI=1S/C16H26BrN3O/c1-5-21-14(10(2)3)16-19-13(11-8-6-7-9-11)12(17)15(18-4)20-16/h10-11,14H,5-9H2,1-4H3,(H,18,19,20). The van der Waals surface area contributed by atoms with Gasteiger partial charge in [-0.3, -0.25) is 0 Å². The Morgan fingerprint density at radius 3 is 2.48 bits per heavy atom. The summed E-state index contributed by atoms with van der Waals surface area (Å²) in [5.74, 6) is 2.57. The molecule has 1 atom stereocenters. The molecule has 0 aromatic carbocycles. The summed E-state index contributed by atoms with van der Waals surface area (Å²) in [7, 11) is 1.90. The maximum absolute atomic E-state index is 5.88. The molecular weight excluding hydrogens is 330 g/mol. The summed E-state index contributed by atoms with van der Waals surface area (Å²) in [6.07, 6.45) is 4.99. The molecule has 118 valence electrons. The quantitative estimate of drug-likeness (QED) is 0.805. The minimum atomic E-state index is -0.0460. The van der Waals surface area contributed by atoms with E-state index in [1.165, 1.54) is 25.7 Å². The number of hydrogen-bond acceptors (Lipinski definition) is 4. The predicted octanol–water partition coefficient (Wildman–Crippen LogP) is 4.67. The number of nitrogens with one attached hydrogen (secondary N) is 1. The van der Waals surface area contributed by atoms with Crippen LogP contribution in [0.3, 0.4) is 0 Å². The third kappa shape index (κ3) is 3.75. The molecule has 0 radical (unpaired) electrons. The highest BCUT2D eigenvalue weighted by atomic mass is 79.9. The van der Waals surface area contributed by atoms with Crippen molar-refractivity contribution in [2.24, 2.45) is 5.92 Å². The fraction of sp³-hybridized carbons (Fsp3) is 0.750. The van der Waals surface area contributed by atoms with E-state index in [9.17, 15) is 0 Å². The lowest BCUT2D eigenvalue weighted by atomic mass is 10.0. The van der Waals surface area contributed by atoms with Gasteiger partial charge in [0.05, 0.1) is 10.2 Å². The first kappa shape index (κ1) is 16.7. The van der Waals surface area contributed by atoms with Crippen LogP contribution in [0, 0.1) is 5.92 Å². The molecule has 0 aliphatic heterocycles. The highest BCUT2D eigenvalue weighted by Gasteiger charge is 2.27. The first-order valence-electron chi connectivity index (χ1n) is 7.95. The molecule has 0 spiro atoms. The Bertz CT molecular complexity index is 473. The second-order valence-electron chi connectivity index (χ2n) is 5.98. The summed E-state index contributed by atoms with van der Waals surface area (Å²) in [6, 6.07) is 0. The van der Waals surface area contributed by atoms with Gasteiger partial charge in [0, 0.05) is 19.6 Å². The summed E-state index contributed by atoms with van der Waals surface area (Å²) in [6.45, 7) is 7.00. The molecule has 0 saturated heterocycles. The van der Waals surface area contributed by atoms with Crippen molar-refractivity contribution >= 4 is 21.7 Å². The van der Waals surface area contributed by atoms with E-state index in [2.05, 4.69) is 40.1 Å². The Kier molecular flexibility index (Phi) is 5.99. The topological polar surface area (TPSA) is 47.0 Å². The Hall–Kier alpha value is -0.680. The Morgan fingerprint density at radius 1 is 1.29 bits per heavy atom. The fourth-order valence-electron chi connectivity index (χ4n) is 2.99. The Balaban J connectivity index is 2.43. The van der Waals surface area contributed by atoms with E-state index in [4.69, 9.17) is 9.72 Å². The van der Waals surface area contributed by atoms with Gasteiger partial charge in [0.25, 0.3) is 0 Å². The van der Waals surface area contributed by atoms with Gasteiger partial charge in [0.2, 0.25) is 0 Å². The van der Waals surface area contributed by atoms with Gasteiger partial charge in [-0.15, -0.1) is 0 Å². The molecule has 1 N–H and O–H groups in total. The SMILES string of the molecule is CCOC(c1nc(NC)c(Br)c(C2CCCC2)n1)C(C)C. The van der Waals surface area contributed by atoms with E-state index >= 15 is 0 Å². The van der Waals surface area contributed by atoms with Crippen molar-refractivity contribution in [1.82, 2.24) is 9.97 Å². The first-order valence-corrected chi connectivity index (χ1v) is 8.74. The molecule has 1 aliphatic rings. The molecule has 1 aromatic heterocycles. The molecule has 1 aromatic rings. The molecule has 0 bridgehead atoms. The molecule has 21 heavy (non-hydrogen) atoms. The Labute approximate surface area is 136 Å². The average molecular weight is 356 g/mol. The van der Waals surface area contributed by atoms with E-state index in [-0.39, 0.29) is 6.10 Å². The van der Waals surface area contributed by atoms with Gasteiger partial charge >= 0.3 is 0 Å². The van der Waals surface area contributed by atoms with Crippen LogP contribution in [0.5, 0.6) is 0 Å². The molecule has 4 nitrogen and oxygen atoms in total. The number of aromatic nitrogens is 2. The maximum atomic E-state index is 5.88. The second-order valence-corrected chi connectivity index (χ2v) is 6.77. The van der Waals surface area contributed by atoms with Crippen LogP contribution >= 0.6 is 15.9 Å². The van der Waals surface area contributed by atoms with Gasteiger partial charge < -0.3 is 10.1 Å². The van der Waals surface area contributed by atoms with Crippen molar-refractivity contribution in [2.45, 2.75) is 58.5 Å². The molecular formula is C16H26BrN3O. The molecule has 2 rings (SSSR count). The number of anilines is 1. The summed E-state index contributed by atoms with van der Waals surface area (Å²) < 4.78 is 6.89. The monoisotopic (exact) mass is 355 g/mol. The summed E-state index contributed by atoms with van der Waals surface area (Å²) in [5, 5.41) is 3.18. The van der Waals surface area contributed by atoms with E-state index in [0.29, 0.717) is 18.4 Å². The van der Waals surface area contributed by atoms with Crippen LogP contribution in [-0.2, 0) is 4.74 Å². The van der Waals surface area contributed by atoms with Crippen molar-refractivity contribution < 1.29 is 4.74 Å². The molecule has 1 saturated carbocycles. The number of rotatable bonds is 6. The summed E-state index contributed by atoms with van der Waals surface area (Å²) >= 11 is 3.68. The molecule has 1 unspecified atom stereocenters. The lowest BCUT2D eigenvalue weighted by molar-refractivity contribution is 0.0231. The van der Waals surface area contributed by atoms with Crippen molar-refractivity contribution in [3.8, 4) is 0 Å². The van der Waals surface area contributed by atoms with E-state index in [0.717, 1.165) is 21.8 Å². The average Bonchev–Trinajstić information content (AvgIpc) is 2.99.